The number of thioether (sulfide) groups is 2. The Balaban J connectivity index is 1.76. The van der Waals surface area contributed by atoms with Gasteiger partial charge in [-0.15, -0.1) is 23.5 Å². The molecule has 0 bridgehead atoms. The van der Waals surface area contributed by atoms with Gasteiger partial charge in [-0.05, 0) is 19.1 Å². The van der Waals surface area contributed by atoms with Gasteiger partial charge in [-0.3, -0.25) is 15.1 Å². The van der Waals surface area contributed by atoms with Crippen molar-refractivity contribution in [3.8, 4) is 5.75 Å². The third-order valence-electron chi connectivity index (χ3n) is 3.64. The van der Waals surface area contributed by atoms with Gasteiger partial charge >= 0.3 is 5.97 Å². The predicted octanol–water partition coefficient (Wildman–Crippen LogP) is 1.76. The van der Waals surface area contributed by atoms with Gasteiger partial charge in [0.1, 0.15) is 16.3 Å². The summed E-state index contributed by atoms with van der Waals surface area (Å²) in [5.74, 6) is 0.736. The molecule has 0 spiro atoms. The van der Waals surface area contributed by atoms with Crippen LogP contribution in [0.1, 0.15) is 12.5 Å². The summed E-state index contributed by atoms with van der Waals surface area (Å²) >= 11 is 3.20. The molecule has 1 aromatic rings. The predicted molar refractivity (Wildman–Crippen MR) is 86.3 cm³/mol. The first-order chi connectivity index (χ1) is 9.99. The number of para-hydroxylation sites is 1. The highest BCUT2D eigenvalue weighted by Gasteiger charge is 2.45. The zero-order chi connectivity index (χ0) is 15.0. The van der Waals surface area contributed by atoms with E-state index in [4.69, 9.17) is 0 Å². The Morgan fingerprint density at radius 2 is 2.24 bits per heavy atom. The molecule has 5 nitrogen and oxygen atoms in total. The molecule has 0 saturated carbocycles. The van der Waals surface area contributed by atoms with Crippen LogP contribution in [0.25, 0.3) is 0 Å². The van der Waals surface area contributed by atoms with Gasteiger partial charge in [0.25, 0.3) is 0 Å². The van der Waals surface area contributed by atoms with Crippen LogP contribution in [0, 0.1) is 0 Å². The lowest BCUT2D eigenvalue weighted by molar-refractivity contribution is -0.142. The Morgan fingerprint density at radius 1 is 1.48 bits per heavy atom. The first-order valence-electron chi connectivity index (χ1n) is 6.61. The molecule has 0 radical (unpaired) electrons. The van der Waals surface area contributed by atoms with Gasteiger partial charge in [-0.25, -0.2) is 0 Å². The summed E-state index contributed by atoms with van der Waals surface area (Å²) < 4.78 is 0. The number of aliphatic carboxylic acids is 1. The Hall–Kier alpha value is -1.18. The van der Waals surface area contributed by atoms with Gasteiger partial charge < -0.3 is 10.2 Å². The van der Waals surface area contributed by atoms with Crippen LogP contribution in [0.4, 0.5) is 0 Å². The van der Waals surface area contributed by atoms with Crippen molar-refractivity contribution >= 4 is 34.5 Å². The number of carbonyl (C=O) groups is 1. The highest BCUT2D eigenvalue weighted by molar-refractivity contribution is 8.14. The van der Waals surface area contributed by atoms with Gasteiger partial charge in [-0.2, -0.15) is 0 Å². The minimum atomic E-state index is -0.882. The smallest absolute Gasteiger partial charge is 0.324 e. The number of nitrogens with one attached hydrogen (secondary N) is 1. The number of benzene rings is 1. The largest absolute Gasteiger partial charge is 0.507 e. The second-order valence-electron chi connectivity index (χ2n) is 5.34. The number of hydrogen-bond acceptors (Lipinski definition) is 6. The molecule has 1 fully saturated rings. The van der Waals surface area contributed by atoms with Crippen molar-refractivity contribution in [1.29, 1.82) is 0 Å². The maximum absolute atomic E-state index is 11.3. The number of aromatic hydroxyl groups is 1. The van der Waals surface area contributed by atoms with E-state index in [1.807, 2.05) is 12.1 Å². The van der Waals surface area contributed by atoms with E-state index in [1.165, 1.54) is 0 Å². The summed E-state index contributed by atoms with van der Waals surface area (Å²) in [5.41, 5.74) is -0.137. The number of hydrogen-bond donors (Lipinski definition) is 3. The van der Waals surface area contributed by atoms with Crippen molar-refractivity contribution in [2.45, 2.75) is 23.9 Å². The lowest BCUT2D eigenvalue weighted by atomic mass is 10.1. The molecular formula is C14H16N2O3S2. The number of carboxylic acid groups (broad SMARTS) is 1. The van der Waals surface area contributed by atoms with E-state index >= 15 is 0 Å². The maximum Gasteiger partial charge on any atom is 0.324 e. The van der Waals surface area contributed by atoms with Crippen molar-refractivity contribution < 1.29 is 15.0 Å². The van der Waals surface area contributed by atoms with Crippen LogP contribution in [0.15, 0.2) is 29.3 Å². The fourth-order valence-corrected chi connectivity index (χ4v) is 5.03. The van der Waals surface area contributed by atoms with Crippen molar-refractivity contribution in [2.24, 2.45) is 4.99 Å². The fourth-order valence-electron chi connectivity index (χ4n) is 2.33. The highest BCUT2D eigenvalue weighted by atomic mass is 32.2. The van der Waals surface area contributed by atoms with E-state index in [9.17, 15) is 15.0 Å². The number of phenols is 1. The van der Waals surface area contributed by atoms with Crippen molar-refractivity contribution in [3.05, 3.63) is 29.8 Å². The Kier molecular flexibility index (Phi) is 3.90. The molecule has 3 atom stereocenters. The number of aliphatic imine (C=N–C) groups is 1. The normalized spacial score (nSPS) is 32.1. The maximum atomic E-state index is 11.3. The van der Waals surface area contributed by atoms with Crippen molar-refractivity contribution in [3.63, 3.8) is 0 Å². The molecule has 112 valence electrons. The average Bonchev–Trinajstić information content (AvgIpc) is 3.07. The second kappa shape index (κ2) is 5.55. The van der Waals surface area contributed by atoms with Gasteiger partial charge in [0.05, 0.1) is 11.4 Å². The lowest BCUT2D eigenvalue weighted by Crippen LogP contribution is -2.51. The van der Waals surface area contributed by atoms with Crippen LogP contribution < -0.4 is 5.32 Å². The molecule has 2 aliphatic rings. The number of nitrogens with zero attached hydrogens (tertiary/aromatic N) is 1. The molecule has 21 heavy (non-hydrogen) atoms. The zero-order valence-electron chi connectivity index (χ0n) is 11.4. The van der Waals surface area contributed by atoms with Crippen LogP contribution in [0.2, 0.25) is 0 Å². The van der Waals surface area contributed by atoms with E-state index in [1.54, 1.807) is 42.6 Å². The van der Waals surface area contributed by atoms with Crippen LogP contribution in [-0.2, 0) is 4.79 Å². The Bertz CT molecular complexity index is 608. The zero-order valence-corrected chi connectivity index (χ0v) is 13.1. The fraction of sp³-hybridized carbons (Fsp3) is 0.429. The number of carboxylic acids is 1. The van der Waals surface area contributed by atoms with Crippen LogP contribution in [0.5, 0.6) is 5.75 Å². The first-order valence-corrected chi connectivity index (χ1v) is 8.65. The summed E-state index contributed by atoms with van der Waals surface area (Å²) in [4.78, 5) is 15.9. The third kappa shape index (κ3) is 2.77. The van der Waals surface area contributed by atoms with Gasteiger partial charge in [0.15, 0.2) is 0 Å². The second-order valence-corrected chi connectivity index (χ2v) is 7.48. The molecule has 0 aliphatic carbocycles. The van der Waals surface area contributed by atoms with E-state index in [0.29, 0.717) is 5.75 Å². The molecule has 2 heterocycles. The number of rotatable bonds is 3. The van der Waals surface area contributed by atoms with Crippen molar-refractivity contribution in [2.75, 3.05) is 11.5 Å². The minimum Gasteiger partial charge on any atom is -0.507 e. The minimum absolute atomic E-state index is 0.00181. The summed E-state index contributed by atoms with van der Waals surface area (Å²) in [5, 5.41) is 23.1. The molecule has 3 N–H and O–H groups in total. The third-order valence-corrected chi connectivity index (χ3v) is 6.28. The monoisotopic (exact) mass is 324 g/mol. The summed E-state index contributed by atoms with van der Waals surface area (Å²) in [7, 11) is 0. The topological polar surface area (TPSA) is 81.9 Å². The molecule has 3 rings (SSSR count). The highest BCUT2D eigenvalue weighted by Crippen LogP contribution is 2.36. The van der Waals surface area contributed by atoms with Crippen LogP contribution in [0.3, 0.4) is 0 Å². The molecule has 1 aromatic carbocycles. The van der Waals surface area contributed by atoms with Gasteiger partial charge in [-0.1, -0.05) is 12.1 Å². The molecular weight excluding hydrogens is 308 g/mol. The van der Waals surface area contributed by atoms with Crippen LogP contribution in [-0.4, -0.2) is 49.7 Å². The quantitative estimate of drug-likeness (QED) is 0.786. The Labute approximate surface area is 131 Å². The van der Waals surface area contributed by atoms with E-state index in [0.717, 1.165) is 16.4 Å². The summed E-state index contributed by atoms with van der Waals surface area (Å²) in [6.45, 7) is 1.71. The van der Waals surface area contributed by atoms with E-state index in [2.05, 4.69) is 10.3 Å². The van der Waals surface area contributed by atoms with E-state index < -0.39 is 11.5 Å². The molecule has 1 saturated heterocycles. The number of phenolic OH excluding ortho intramolecular Hbond substituents is 1. The lowest BCUT2D eigenvalue weighted by Gasteiger charge is -2.21. The SMILES string of the molecule is C[C@]1(C(=O)O)CS[C@H]([C@H]2CSC(c3ccccc3O)=N2)N1. The molecule has 0 unspecified atom stereocenters. The van der Waals surface area contributed by atoms with E-state index in [-0.39, 0.29) is 17.2 Å². The molecule has 0 aromatic heterocycles. The standard InChI is InChI=1S/C14H16N2O3S2/c1-14(13(18)19)7-21-12(16-14)9-6-20-11(15-9)8-4-2-3-5-10(8)17/h2-5,9,12,16-17H,6-7H2,1H3,(H,18,19)/t9-,12-,14-/m1/s1. The van der Waals surface area contributed by atoms with Gasteiger partial charge in [0.2, 0.25) is 0 Å². The molecule has 2 aliphatic heterocycles. The van der Waals surface area contributed by atoms with Crippen molar-refractivity contribution in [1.82, 2.24) is 5.32 Å². The Morgan fingerprint density at radius 3 is 2.90 bits per heavy atom. The van der Waals surface area contributed by atoms with Crippen LogP contribution >= 0.6 is 23.5 Å². The summed E-state index contributed by atoms with van der Waals surface area (Å²) in [6.07, 6.45) is 0. The average molecular weight is 324 g/mol. The van der Waals surface area contributed by atoms with Gasteiger partial charge in [0, 0.05) is 17.1 Å². The summed E-state index contributed by atoms with van der Waals surface area (Å²) in [6, 6.07) is 7.17. The first kappa shape index (κ1) is 14.7. The molecule has 0 amide bonds. The molecule has 7 heteroatoms.